The Labute approximate surface area is 282 Å². The fourth-order valence-corrected chi connectivity index (χ4v) is 7.45. The molecule has 2 aromatic heterocycles. The van der Waals surface area contributed by atoms with Crippen LogP contribution in [-0.2, 0) is 0 Å². The van der Waals surface area contributed by atoms with E-state index in [0.29, 0.717) is 5.46 Å². The molecule has 0 unspecified atom stereocenters. The zero-order valence-corrected chi connectivity index (χ0v) is 29.7. The van der Waals surface area contributed by atoms with Gasteiger partial charge in [0.25, 0.3) is 0 Å². The van der Waals surface area contributed by atoms with Crippen LogP contribution in [-0.4, -0.2) is 23.8 Å². The SMILES string of the molecule is Brc1ccc(Br)s1.CCCCCCCOc1ccc(-c2ccc(-c3ccc(C)cc3)s2)cc1.Cc1ccc(B(O)O)cc1. The topological polar surface area (TPSA) is 49.7 Å². The summed E-state index contributed by atoms with van der Waals surface area (Å²) in [7, 11) is -1.35. The van der Waals surface area contributed by atoms with Crippen LogP contribution in [0.1, 0.15) is 50.2 Å². The van der Waals surface area contributed by atoms with E-state index in [4.69, 9.17) is 14.8 Å². The Bertz CT molecular complexity index is 1450. The number of ether oxygens (including phenoxy) is 1. The summed E-state index contributed by atoms with van der Waals surface area (Å²) in [6.45, 7) is 7.14. The van der Waals surface area contributed by atoms with Crippen molar-refractivity contribution >= 4 is 67.1 Å². The Kier molecular flexibility index (Phi) is 15.8. The molecule has 2 N–H and O–H groups in total. The minimum absolute atomic E-state index is 0.533. The second-order valence-electron chi connectivity index (χ2n) is 10.1. The van der Waals surface area contributed by atoms with Gasteiger partial charge in [-0.25, -0.2) is 0 Å². The molecule has 0 aliphatic rings. The highest BCUT2D eigenvalue weighted by Crippen LogP contribution is 2.35. The number of hydrogen-bond donors (Lipinski definition) is 2. The lowest BCUT2D eigenvalue weighted by atomic mass is 9.80. The monoisotopic (exact) mass is 740 g/mol. The van der Waals surface area contributed by atoms with Crippen LogP contribution >= 0.6 is 54.5 Å². The molecule has 0 aliphatic heterocycles. The molecule has 0 fully saturated rings. The van der Waals surface area contributed by atoms with E-state index in [9.17, 15) is 0 Å². The summed E-state index contributed by atoms with van der Waals surface area (Å²) in [5, 5.41) is 17.3. The van der Waals surface area contributed by atoms with Gasteiger partial charge in [0.15, 0.2) is 0 Å². The summed E-state index contributed by atoms with van der Waals surface area (Å²) >= 11 is 10.2. The van der Waals surface area contributed by atoms with Gasteiger partial charge in [-0.1, -0.05) is 92.3 Å². The minimum Gasteiger partial charge on any atom is -0.494 e. The van der Waals surface area contributed by atoms with Crippen molar-refractivity contribution in [2.45, 2.75) is 52.9 Å². The van der Waals surface area contributed by atoms with Gasteiger partial charge in [-0.2, -0.15) is 0 Å². The van der Waals surface area contributed by atoms with E-state index in [2.05, 4.69) is 106 Å². The Hall–Kier alpha value is -2.20. The average molecular weight is 742 g/mol. The zero-order valence-electron chi connectivity index (χ0n) is 24.9. The van der Waals surface area contributed by atoms with Crippen molar-refractivity contribution in [2.75, 3.05) is 6.61 Å². The lowest BCUT2D eigenvalue weighted by Crippen LogP contribution is -2.29. The van der Waals surface area contributed by atoms with Crippen LogP contribution in [0.3, 0.4) is 0 Å². The molecule has 43 heavy (non-hydrogen) atoms. The van der Waals surface area contributed by atoms with Crippen molar-refractivity contribution in [2.24, 2.45) is 0 Å². The fraction of sp³-hybridized carbons (Fsp3) is 0.257. The van der Waals surface area contributed by atoms with Gasteiger partial charge in [-0.15, -0.1) is 22.7 Å². The minimum atomic E-state index is -1.35. The number of rotatable bonds is 10. The predicted octanol–water partition coefficient (Wildman–Crippen LogP) is 10.7. The van der Waals surface area contributed by atoms with Crippen molar-refractivity contribution in [3.63, 3.8) is 0 Å². The maximum Gasteiger partial charge on any atom is 0.488 e. The van der Waals surface area contributed by atoms with Gasteiger partial charge in [0, 0.05) is 9.75 Å². The third kappa shape index (κ3) is 13.1. The standard InChI is InChI=1S/C24H28OS.C7H9BO2.C4H2Br2S/c1-3-4-5-6-7-18-25-22-14-12-21(13-15-22)24-17-16-23(26-24)20-10-8-19(2)9-11-20;1-6-2-4-7(5-3-6)8(9)10;5-3-1-2-4(6)7-3/h8-17H,3-7,18H2,1-2H3;2-5,9-10H,1H3;1-2H. The van der Waals surface area contributed by atoms with Crippen molar-refractivity contribution in [1.82, 2.24) is 0 Å². The van der Waals surface area contributed by atoms with Gasteiger partial charge < -0.3 is 14.8 Å². The van der Waals surface area contributed by atoms with Gasteiger partial charge in [0.2, 0.25) is 0 Å². The first kappa shape index (κ1) is 35.3. The summed E-state index contributed by atoms with van der Waals surface area (Å²) in [4.78, 5) is 2.61. The van der Waals surface area contributed by atoms with Crippen molar-refractivity contribution in [3.8, 4) is 26.6 Å². The van der Waals surface area contributed by atoms with Crippen LogP contribution in [0.25, 0.3) is 20.9 Å². The van der Waals surface area contributed by atoms with E-state index in [1.807, 2.05) is 42.5 Å². The molecule has 0 amide bonds. The molecule has 0 bridgehead atoms. The second kappa shape index (κ2) is 19.2. The third-order valence-electron chi connectivity index (χ3n) is 6.51. The van der Waals surface area contributed by atoms with Gasteiger partial charge in [-0.05, 0) is 117 Å². The lowest BCUT2D eigenvalue weighted by Gasteiger charge is -2.06. The van der Waals surface area contributed by atoms with Crippen LogP contribution in [0.5, 0.6) is 5.75 Å². The van der Waals surface area contributed by atoms with E-state index >= 15 is 0 Å². The van der Waals surface area contributed by atoms with E-state index in [-0.39, 0.29) is 0 Å². The molecule has 0 radical (unpaired) electrons. The van der Waals surface area contributed by atoms with Crippen LogP contribution in [0, 0.1) is 13.8 Å². The maximum atomic E-state index is 8.67. The van der Waals surface area contributed by atoms with Crippen molar-refractivity contribution < 1.29 is 14.8 Å². The molecular weight excluding hydrogens is 703 g/mol. The third-order valence-corrected chi connectivity index (χ3v) is 9.86. The van der Waals surface area contributed by atoms with Crippen molar-refractivity contribution in [1.29, 1.82) is 0 Å². The molecule has 3 aromatic carbocycles. The fourth-order valence-electron chi connectivity index (χ4n) is 4.01. The summed E-state index contributed by atoms with van der Waals surface area (Å²) in [6.07, 6.45) is 6.35. The summed E-state index contributed by atoms with van der Waals surface area (Å²) in [5.41, 5.74) is 5.49. The summed E-state index contributed by atoms with van der Waals surface area (Å²) in [5.74, 6) is 0.972. The molecular formula is C35H39BBr2O3S2. The predicted molar refractivity (Wildman–Crippen MR) is 195 cm³/mol. The molecule has 226 valence electrons. The van der Waals surface area contributed by atoms with Crippen LogP contribution in [0.4, 0.5) is 0 Å². The Morgan fingerprint density at radius 1 is 0.605 bits per heavy atom. The maximum absolute atomic E-state index is 8.67. The first-order valence-electron chi connectivity index (χ1n) is 14.5. The molecule has 3 nitrogen and oxygen atoms in total. The van der Waals surface area contributed by atoms with Gasteiger partial charge in [0.1, 0.15) is 5.75 Å². The van der Waals surface area contributed by atoms with Crippen LogP contribution < -0.4 is 10.2 Å². The number of halogens is 2. The van der Waals surface area contributed by atoms with Crippen LogP contribution in [0.15, 0.2) is 105 Å². The van der Waals surface area contributed by atoms with Gasteiger partial charge in [-0.3, -0.25) is 0 Å². The van der Waals surface area contributed by atoms with E-state index in [1.54, 1.807) is 23.5 Å². The molecule has 0 aliphatic carbocycles. The number of unbranched alkanes of at least 4 members (excludes halogenated alkanes) is 4. The second-order valence-corrected chi connectivity index (χ2v) is 15.1. The highest BCUT2D eigenvalue weighted by molar-refractivity contribution is 9.12. The molecule has 8 heteroatoms. The largest absolute Gasteiger partial charge is 0.494 e. The first-order chi connectivity index (χ1) is 20.7. The Morgan fingerprint density at radius 3 is 1.56 bits per heavy atom. The highest BCUT2D eigenvalue weighted by atomic mass is 79.9. The number of hydrogen-bond acceptors (Lipinski definition) is 5. The average Bonchev–Trinajstić information content (AvgIpc) is 3.65. The number of thiophene rings is 2. The molecule has 0 saturated heterocycles. The molecule has 0 saturated carbocycles. The van der Waals surface area contributed by atoms with E-state index in [1.165, 1.54) is 59.7 Å². The van der Waals surface area contributed by atoms with Gasteiger partial charge in [0.05, 0.1) is 14.2 Å². The van der Waals surface area contributed by atoms with Gasteiger partial charge >= 0.3 is 7.12 Å². The number of aryl methyl sites for hydroxylation is 2. The first-order valence-corrected chi connectivity index (χ1v) is 17.7. The summed E-state index contributed by atoms with van der Waals surface area (Å²) < 4.78 is 8.20. The molecule has 5 rings (SSSR count). The molecule has 5 aromatic rings. The number of benzene rings is 3. The molecule has 2 heterocycles. The zero-order chi connectivity index (χ0) is 31.0. The smallest absolute Gasteiger partial charge is 0.488 e. The summed E-state index contributed by atoms with van der Waals surface area (Å²) in [6, 6.07) is 32.8. The van der Waals surface area contributed by atoms with Crippen LogP contribution in [0.2, 0.25) is 0 Å². The molecule has 0 spiro atoms. The van der Waals surface area contributed by atoms with E-state index in [0.717, 1.165) is 24.3 Å². The lowest BCUT2D eigenvalue weighted by molar-refractivity contribution is 0.304. The Morgan fingerprint density at radius 2 is 1.09 bits per heavy atom. The molecule has 0 atom stereocenters. The quantitative estimate of drug-likeness (QED) is 0.111. The normalized spacial score (nSPS) is 10.3. The van der Waals surface area contributed by atoms with Crippen molar-refractivity contribution in [3.05, 3.63) is 116 Å². The van der Waals surface area contributed by atoms with E-state index < -0.39 is 7.12 Å². The highest BCUT2D eigenvalue weighted by Gasteiger charge is 2.08. The Balaban J connectivity index is 0.000000241.